The first-order valence-corrected chi connectivity index (χ1v) is 7.68. The van der Waals surface area contributed by atoms with Crippen molar-refractivity contribution >= 4 is 15.7 Å². The van der Waals surface area contributed by atoms with Gasteiger partial charge in [0.15, 0.2) is 0 Å². The van der Waals surface area contributed by atoms with Crippen molar-refractivity contribution in [1.82, 2.24) is 5.32 Å². The van der Waals surface area contributed by atoms with Crippen LogP contribution in [0, 0.1) is 0 Å². The molecule has 0 aliphatic heterocycles. The summed E-state index contributed by atoms with van der Waals surface area (Å²) in [6, 6.07) is 2.79. The number of furan rings is 1. The van der Waals surface area contributed by atoms with Gasteiger partial charge in [0.2, 0.25) is 5.91 Å². The normalized spacial score (nSPS) is 13.2. The average Bonchev–Trinajstić information content (AvgIpc) is 2.77. The van der Waals surface area contributed by atoms with Crippen molar-refractivity contribution in [3.05, 3.63) is 24.2 Å². The number of carbonyl (C=O) groups is 1. The minimum absolute atomic E-state index is 0.0836. The van der Waals surface area contributed by atoms with Crippen molar-refractivity contribution in [2.75, 3.05) is 18.6 Å². The Morgan fingerprint density at radius 1 is 1.56 bits per heavy atom. The highest BCUT2D eigenvalue weighted by atomic mass is 32.2. The van der Waals surface area contributed by atoms with Gasteiger partial charge in [-0.05, 0) is 18.6 Å². The number of hydrogen-bond donors (Lipinski definition) is 2. The summed E-state index contributed by atoms with van der Waals surface area (Å²) in [6.45, 7) is 0.416. The Hall–Kier alpha value is -1.34. The maximum Gasteiger partial charge on any atom is 0.236 e. The zero-order valence-electron chi connectivity index (χ0n) is 10.3. The summed E-state index contributed by atoms with van der Waals surface area (Å²) in [6.07, 6.45) is 3.40. The van der Waals surface area contributed by atoms with E-state index in [0.29, 0.717) is 13.0 Å². The molecule has 3 N–H and O–H groups in total. The molecule has 7 heteroatoms. The summed E-state index contributed by atoms with van der Waals surface area (Å²) >= 11 is 0. The molecular formula is C11H18N2O4S. The molecule has 0 aliphatic carbocycles. The number of amides is 1. The van der Waals surface area contributed by atoms with Gasteiger partial charge < -0.3 is 15.5 Å². The van der Waals surface area contributed by atoms with Gasteiger partial charge >= 0.3 is 0 Å². The number of hydrogen-bond acceptors (Lipinski definition) is 5. The third kappa shape index (κ3) is 5.83. The van der Waals surface area contributed by atoms with Gasteiger partial charge in [-0.15, -0.1) is 0 Å². The fraction of sp³-hybridized carbons (Fsp3) is 0.545. The van der Waals surface area contributed by atoms with Crippen LogP contribution in [-0.4, -0.2) is 38.9 Å². The van der Waals surface area contributed by atoms with Crippen LogP contribution in [0.3, 0.4) is 0 Å². The second-order valence-electron chi connectivity index (χ2n) is 4.15. The van der Waals surface area contributed by atoms with Crippen LogP contribution < -0.4 is 11.1 Å². The summed E-state index contributed by atoms with van der Waals surface area (Å²) < 4.78 is 27.0. The number of sulfone groups is 1. The highest BCUT2D eigenvalue weighted by molar-refractivity contribution is 7.90. The molecule has 1 unspecified atom stereocenters. The first kappa shape index (κ1) is 14.7. The Kier molecular flexibility index (Phi) is 5.36. The Morgan fingerprint density at radius 2 is 2.28 bits per heavy atom. The highest BCUT2D eigenvalue weighted by Gasteiger charge is 2.15. The van der Waals surface area contributed by atoms with Crippen molar-refractivity contribution in [1.29, 1.82) is 0 Å². The summed E-state index contributed by atoms with van der Waals surface area (Å²) in [4.78, 5) is 11.5. The Labute approximate surface area is 106 Å². The van der Waals surface area contributed by atoms with E-state index in [1.165, 1.54) is 0 Å². The molecule has 0 fully saturated rings. The van der Waals surface area contributed by atoms with Gasteiger partial charge in [-0.1, -0.05) is 0 Å². The third-order valence-electron chi connectivity index (χ3n) is 2.39. The van der Waals surface area contributed by atoms with Gasteiger partial charge in [0.05, 0.1) is 18.1 Å². The van der Waals surface area contributed by atoms with E-state index in [9.17, 15) is 13.2 Å². The molecule has 0 radical (unpaired) electrons. The van der Waals surface area contributed by atoms with Crippen LogP contribution in [0.4, 0.5) is 0 Å². The van der Waals surface area contributed by atoms with Gasteiger partial charge in [-0.2, -0.15) is 0 Å². The lowest BCUT2D eigenvalue weighted by Crippen LogP contribution is -2.42. The smallest absolute Gasteiger partial charge is 0.236 e. The van der Waals surface area contributed by atoms with Crippen molar-refractivity contribution in [2.45, 2.75) is 18.9 Å². The number of rotatable bonds is 7. The molecule has 1 aromatic heterocycles. The van der Waals surface area contributed by atoms with E-state index in [-0.39, 0.29) is 18.1 Å². The predicted molar refractivity (Wildman–Crippen MR) is 67.7 cm³/mol. The molecule has 1 rings (SSSR count). The van der Waals surface area contributed by atoms with E-state index < -0.39 is 15.9 Å². The molecule has 1 heterocycles. The standard InChI is InChI=1S/C11H18N2O4S/c1-18(15,16)8-5-10(12)11(14)13-6-4-9-3-2-7-17-9/h2-3,7,10H,4-6,8,12H2,1H3,(H,13,14). The zero-order valence-corrected chi connectivity index (χ0v) is 11.1. The van der Waals surface area contributed by atoms with Crippen LogP contribution in [0.5, 0.6) is 0 Å². The fourth-order valence-corrected chi connectivity index (χ4v) is 2.05. The number of nitrogens with two attached hydrogens (primary N) is 1. The topological polar surface area (TPSA) is 102 Å². The van der Waals surface area contributed by atoms with Crippen LogP contribution in [-0.2, 0) is 21.1 Å². The largest absolute Gasteiger partial charge is 0.469 e. The lowest BCUT2D eigenvalue weighted by molar-refractivity contribution is -0.122. The summed E-state index contributed by atoms with van der Waals surface area (Å²) in [5.41, 5.74) is 5.58. The zero-order chi connectivity index (χ0) is 13.6. The van der Waals surface area contributed by atoms with Crippen LogP contribution in [0.25, 0.3) is 0 Å². The van der Waals surface area contributed by atoms with E-state index >= 15 is 0 Å². The Balaban J connectivity index is 2.23. The summed E-state index contributed by atoms with van der Waals surface area (Å²) in [5, 5.41) is 2.64. The molecule has 1 aromatic rings. The minimum atomic E-state index is -3.08. The van der Waals surface area contributed by atoms with Crippen LogP contribution in [0.15, 0.2) is 22.8 Å². The van der Waals surface area contributed by atoms with Crippen LogP contribution >= 0.6 is 0 Å². The van der Waals surface area contributed by atoms with E-state index in [2.05, 4.69) is 5.32 Å². The first-order valence-electron chi connectivity index (χ1n) is 5.62. The molecule has 0 aliphatic rings. The van der Waals surface area contributed by atoms with Crippen molar-refractivity contribution < 1.29 is 17.6 Å². The van der Waals surface area contributed by atoms with E-state index in [1.54, 1.807) is 12.3 Å². The quantitative estimate of drug-likeness (QED) is 0.710. The molecule has 0 aromatic carbocycles. The van der Waals surface area contributed by atoms with Crippen LogP contribution in [0.1, 0.15) is 12.2 Å². The fourth-order valence-electron chi connectivity index (χ4n) is 1.37. The Morgan fingerprint density at radius 3 is 2.83 bits per heavy atom. The van der Waals surface area contributed by atoms with Crippen LogP contribution in [0.2, 0.25) is 0 Å². The Bertz CT molecular complexity index is 467. The minimum Gasteiger partial charge on any atom is -0.469 e. The maximum absolute atomic E-state index is 11.5. The van der Waals surface area contributed by atoms with E-state index in [0.717, 1.165) is 12.0 Å². The van der Waals surface area contributed by atoms with E-state index in [4.69, 9.17) is 10.2 Å². The van der Waals surface area contributed by atoms with Gasteiger partial charge in [-0.25, -0.2) is 8.42 Å². The molecule has 0 spiro atoms. The third-order valence-corrected chi connectivity index (χ3v) is 3.36. The van der Waals surface area contributed by atoms with Crippen molar-refractivity contribution in [2.24, 2.45) is 5.73 Å². The molecular weight excluding hydrogens is 256 g/mol. The second-order valence-corrected chi connectivity index (χ2v) is 6.41. The van der Waals surface area contributed by atoms with Gasteiger partial charge in [0.1, 0.15) is 15.6 Å². The molecule has 0 saturated heterocycles. The van der Waals surface area contributed by atoms with Crippen molar-refractivity contribution in [3.8, 4) is 0 Å². The van der Waals surface area contributed by atoms with Crippen molar-refractivity contribution in [3.63, 3.8) is 0 Å². The second kappa shape index (κ2) is 6.55. The first-order chi connectivity index (χ1) is 8.38. The maximum atomic E-state index is 11.5. The lowest BCUT2D eigenvalue weighted by Gasteiger charge is -2.11. The SMILES string of the molecule is CS(=O)(=O)CCC(N)C(=O)NCCc1ccco1. The number of carbonyl (C=O) groups excluding carboxylic acids is 1. The molecule has 0 saturated carbocycles. The molecule has 1 amide bonds. The molecule has 6 nitrogen and oxygen atoms in total. The number of nitrogens with one attached hydrogen (secondary N) is 1. The monoisotopic (exact) mass is 274 g/mol. The molecule has 102 valence electrons. The predicted octanol–water partition coefficient (Wildman–Crippen LogP) is -0.300. The summed E-state index contributed by atoms with van der Waals surface area (Å²) in [7, 11) is -3.08. The molecule has 18 heavy (non-hydrogen) atoms. The lowest BCUT2D eigenvalue weighted by atomic mass is 10.2. The van der Waals surface area contributed by atoms with Gasteiger partial charge in [0.25, 0.3) is 0 Å². The highest BCUT2D eigenvalue weighted by Crippen LogP contribution is 2.00. The van der Waals surface area contributed by atoms with Gasteiger partial charge in [-0.3, -0.25) is 4.79 Å². The average molecular weight is 274 g/mol. The molecule has 0 bridgehead atoms. The summed E-state index contributed by atoms with van der Waals surface area (Å²) in [5.74, 6) is 0.352. The molecule has 1 atom stereocenters. The van der Waals surface area contributed by atoms with E-state index in [1.807, 2.05) is 6.07 Å². The van der Waals surface area contributed by atoms with Gasteiger partial charge in [0, 0.05) is 19.2 Å².